The molecule has 4 nitrogen and oxygen atoms in total. The number of ketones is 1. The third-order valence-electron chi connectivity index (χ3n) is 3.31. The molecule has 3 rings (SSSR count). The molecule has 0 atom stereocenters. The van der Waals surface area contributed by atoms with Crippen molar-refractivity contribution >= 4 is 16.8 Å². The molecule has 0 aliphatic heterocycles. The van der Waals surface area contributed by atoms with E-state index in [9.17, 15) is 9.90 Å². The highest BCUT2D eigenvalue weighted by Crippen LogP contribution is 2.18. The summed E-state index contributed by atoms with van der Waals surface area (Å²) in [7, 11) is 0. The molecular weight excluding hydrogens is 252 g/mol. The predicted molar refractivity (Wildman–Crippen MR) is 76.8 cm³/mol. The van der Waals surface area contributed by atoms with Crippen LogP contribution in [0.3, 0.4) is 0 Å². The van der Waals surface area contributed by atoms with Crippen molar-refractivity contribution in [2.45, 2.75) is 13.0 Å². The predicted octanol–water partition coefficient (Wildman–Crippen LogP) is 3.01. The van der Waals surface area contributed by atoms with Crippen molar-refractivity contribution < 1.29 is 9.90 Å². The Bertz CT molecular complexity index is 762. The number of benzene rings is 2. The molecular formula is C16H14N2O2. The number of phenols is 1. The van der Waals surface area contributed by atoms with E-state index in [4.69, 9.17) is 0 Å². The van der Waals surface area contributed by atoms with E-state index >= 15 is 0 Å². The van der Waals surface area contributed by atoms with E-state index in [2.05, 4.69) is 4.98 Å². The molecule has 20 heavy (non-hydrogen) atoms. The Morgan fingerprint density at radius 2 is 1.85 bits per heavy atom. The number of carbonyl (C=O) groups excluding carboxylic acids is 1. The van der Waals surface area contributed by atoms with Gasteiger partial charge in [-0.15, -0.1) is 0 Å². The van der Waals surface area contributed by atoms with Gasteiger partial charge in [-0.25, -0.2) is 4.98 Å². The van der Waals surface area contributed by atoms with Gasteiger partial charge in [0.25, 0.3) is 0 Å². The number of nitrogens with zero attached hydrogens (tertiary/aromatic N) is 2. The van der Waals surface area contributed by atoms with Crippen LogP contribution >= 0.6 is 0 Å². The zero-order valence-corrected chi connectivity index (χ0v) is 10.9. The first-order valence-electron chi connectivity index (χ1n) is 6.47. The summed E-state index contributed by atoms with van der Waals surface area (Å²) >= 11 is 0. The van der Waals surface area contributed by atoms with Gasteiger partial charge >= 0.3 is 0 Å². The van der Waals surface area contributed by atoms with Gasteiger partial charge in [-0.2, -0.15) is 0 Å². The lowest BCUT2D eigenvalue weighted by molar-refractivity contribution is 0.0975. The summed E-state index contributed by atoms with van der Waals surface area (Å²) in [6.07, 6.45) is 2.07. The molecule has 0 aliphatic carbocycles. The fourth-order valence-corrected chi connectivity index (χ4v) is 2.25. The number of phenolic OH excluding ortho intramolecular Hbond substituents is 1. The highest BCUT2D eigenvalue weighted by molar-refractivity contribution is 5.98. The van der Waals surface area contributed by atoms with Gasteiger partial charge in [0, 0.05) is 13.0 Å². The largest absolute Gasteiger partial charge is 0.507 e. The molecule has 1 aromatic heterocycles. The van der Waals surface area contributed by atoms with Crippen molar-refractivity contribution in [2.75, 3.05) is 0 Å². The zero-order chi connectivity index (χ0) is 13.9. The summed E-state index contributed by atoms with van der Waals surface area (Å²) < 4.78 is 1.95. The lowest BCUT2D eigenvalue weighted by atomic mass is 10.1. The molecule has 4 heteroatoms. The minimum absolute atomic E-state index is 0.0352. The highest BCUT2D eigenvalue weighted by Gasteiger charge is 2.11. The van der Waals surface area contributed by atoms with Crippen molar-refractivity contribution in [2.24, 2.45) is 0 Å². The third kappa shape index (κ3) is 2.28. The Kier molecular flexibility index (Phi) is 3.21. The van der Waals surface area contributed by atoms with E-state index in [1.165, 1.54) is 6.07 Å². The number of aromatic nitrogens is 2. The maximum atomic E-state index is 12.1. The van der Waals surface area contributed by atoms with Crippen LogP contribution in [0.5, 0.6) is 5.75 Å². The van der Waals surface area contributed by atoms with Gasteiger partial charge in [0.15, 0.2) is 5.78 Å². The van der Waals surface area contributed by atoms with E-state index in [0.29, 0.717) is 18.5 Å². The van der Waals surface area contributed by atoms with E-state index in [1.54, 1.807) is 24.5 Å². The lowest BCUT2D eigenvalue weighted by Crippen LogP contribution is -2.05. The molecule has 3 aromatic rings. The fourth-order valence-electron chi connectivity index (χ4n) is 2.25. The lowest BCUT2D eigenvalue weighted by Gasteiger charge is -2.05. The Labute approximate surface area is 116 Å². The number of hydrogen-bond donors (Lipinski definition) is 1. The summed E-state index contributed by atoms with van der Waals surface area (Å²) in [6, 6.07) is 14.4. The van der Waals surface area contributed by atoms with Gasteiger partial charge in [-0.05, 0) is 24.3 Å². The fraction of sp³-hybridized carbons (Fsp3) is 0.125. The van der Waals surface area contributed by atoms with Crippen LogP contribution in [0.2, 0.25) is 0 Å². The number of rotatable bonds is 4. The SMILES string of the molecule is O=C(CCn1cnc2ccccc21)c1ccccc1O. The first kappa shape index (κ1) is 12.4. The number of para-hydroxylation sites is 3. The number of hydrogen-bond acceptors (Lipinski definition) is 3. The average Bonchev–Trinajstić information content (AvgIpc) is 2.88. The maximum absolute atomic E-state index is 12.1. The number of imidazole rings is 1. The average molecular weight is 266 g/mol. The molecule has 0 bridgehead atoms. The second kappa shape index (κ2) is 5.17. The second-order valence-electron chi connectivity index (χ2n) is 4.62. The van der Waals surface area contributed by atoms with Gasteiger partial charge in [-0.1, -0.05) is 24.3 Å². The number of aromatic hydroxyl groups is 1. The molecule has 100 valence electrons. The van der Waals surface area contributed by atoms with E-state index in [-0.39, 0.29) is 11.5 Å². The molecule has 0 amide bonds. The first-order chi connectivity index (χ1) is 9.75. The molecule has 0 saturated carbocycles. The molecule has 2 aromatic carbocycles. The summed E-state index contributed by atoms with van der Waals surface area (Å²) in [4.78, 5) is 16.4. The molecule has 0 unspecified atom stereocenters. The van der Waals surface area contributed by atoms with Crippen LogP contribution in [-0.2, 0) is 6.54 Å². The Hall–Kier alpha value is -2.62. The standard InChI is InChI=1S/C16H14N2O2/c19-15-8-4-1-5-12(15)16(20)9-10-18-11-17-13-6-2-3-7-14(13)18/h1-8,11,19H,9-10H2. The van der Waals surface area contributed by atoms with Crippen molar-refractivity contribution in [1.29, 1.82) is 0 Å². The summed E-state index contributed by atoms with van der Waals surface area (Å²) in [5.74, 6) is -0.0335. The van der Waals surface area contributed by atoms with Crippen LogP contribution in [0.4, 0.5) is 0 Å². The highest BCUT2D eigenvalue weighted by atomic mass is 16.3. The number of carbonyl (C=O) groups is 1. The van der Waals surface area contributed by atoms with Crippen LogP contribution in [0.1, 0.15) is 16.8 Å². The van der Waals surface area contributed by atoms with Crippen LogP contribution in [0, 0.1) is 0 Å². The maximum Gasteiger partial charge on any atom is 0.168 e. The topological polar surface area (TPSA) is 55.1 Å². The number of Topliss-reactive ketones (excluding diaryl/α,β-unsaturated/α-hetero) is 1. The van der Waals surface area contributed by atoms with Crippen molar-refractivity contribution in [3.63, 3.8) is 0 Å². The monoisotopic (exact) mass is 266 g/mol. The summed E-state index contributed by atoms with van der Waals surface area (Å²) in [5.41, 5.74) is 2.30. The van der Waals surface area contributed by atoms with Gasteiger partial charge in [0.05, 0.1) is 22.9 Å². The van der Waals surface area contributed by atoms with Gasteiger partial charge in [0.1, 0.15) is 5.75 Å². The smallest absolute Gasteiger partial charge is 0.168 e. The third-order valence-corrected chi connectivity index (χ3v) is 3.31. The summed E-state index contributed by atoms with van der Waals surface area (Å²) in [5, 5.41) is 9.67. The van der Waals surface area contributed by atoms with Crippen molar-refractivity contribution in [3.05, 3.63) is 60.4 Å². The minimum Gasteiger partial charge on any atom is -0.507 e. The van der Waals surface area contributed by atoms with Crippen LogP contribution in [-0.4, -0.2) is 20.4 Å². The molecule has 0 aliphatic rings. The molecule has 0 saturated heterocycles. The van der Waals surface area contributed by atoms with Crippen LogP contribution in [0.15, 0.2) is 54.9 Å². The summed E-state index contributed by atoms with van der Waals surface area (Å²) in [6.45, 7) is 0.549. The first-order valence-corrected chi connectivity index (χ1v) is 6.47. The molecule has 1 N–H and O–H groups in total. The van der Waals surface area contributed by atoms with Crippen molar-refractivity contribution in [1.82, 2.24) is 9.55 Å². The van der Waals surface area contributed by atoms with Gasteiger partial charge in [-0.3, -0.25) is 4.79 Å². The van der Waals surface area contributed by atoms with Crippen LogP contribution in [0.25, 0.3) is 11.0 Å². The second-order valence-corrected chi connectivity index (χ2v) is 4.62. The Morgan fingerprint density at radius 1 is 1.10 bits per heavy atom. The molecule has 1 heterocycles. The van der Waals surface area contributed by atoms with Gasteiger partial charge < -0.3 is 9.67 Å². The van der Waals surface area contributed by atoms with Crippen molar-refractivity contribution in [3.8, 4) is 5.75 Å². The Balaban J connectivity index is 1.77. The molecule has 0 spiro atoms. The molecule has 0 fully saturated rings. The minimum atomic E-state index is -0.0686. The van der Waals surface area contributed by atoms with E-state index in [0.717, 1.165) is 11.0 Å². The number of fused-ring (bicyclic) bond motifs is 1. The number of aryl methyl sites for hydroxylation is 1. The Morgan fingerprint density at radius 3 is 2.70 bits per heavy atom. The molecule has 0 radical (unpaired) electrons. The van der Waals surface area contributed by atoms with E-state index in [1.807, 2.05) is 28.8 Å². The van der Waals surface area contributed by atoms with E-state index < -0.39 is 0 Å². The zero-order valence-electron chi connectivity index (χ0n) is 10.9. The quantitative estimate of drug-likeness (QED) is 0.738. The van der Waals surface area contributed by atoms with Gasteiger partial charge in [0.2, 0.25) is 0 Å². The normalized spacial score (nSPS) is 10.8. The van der Waals surface area contributed by atoms with Crippen LogP contribution < -0.4 is 0 Å².